The number of rotatable bonds is 5. The molecule has 0 aromatic carbocycles. The predicted molar refractivity (Wildman–Crippen MR) is 86.5 cm³/mol. The van der Waals surface area contributed by atoms with Gasteiger partial charge in [0, 0.05) is 6.42 Å². The summed E-state index contributed by atoms with van der Waals surface area (Å²) in [6.07, 6.45) is 5.85. The first-order valence-electron chi connectivity index (χ1n) is 7.49. The molecule has 0 saturated carbocycles. The van der Waals surface area contributed by atoms with Crippen LogP contribution in [0.15, 0.2) is 41.3 Å². The van der Waals surface area contributed by atoms with Crippen molar-refractivity contribution in [1.82, 2.24) is 14.8 Å². The molecule has 2 unspecified atom stereocenters. The molecule has 1 aliphatic rings. The second-order valence-corrected chi connectivity index (χ2v) is 6.61. The first-order valence-corrected chi connectivity index (χ1v) is 7.49. The topological polar surface area (TPSA) is 81.8 Å². The van der Waals surface area contributed by atoms with Crippen molar-refractivity contribution in [3.8, 4) is 0 Å². The highest BCUT2D eigenvalue weighted by Crippen LogP contribution is 2.32. The number of aliphatic hydroxyl groups is 1. The number of ether oxygens (including phenoxy) is 1. The number of oxime groups is 1. The molecule has 7 nitrogen and oxygen atoms in total. The zero-order valence-electron chi connectivity index (χ0n) is 14.2. The minimum absolute atomic E-state index is 0.369. The smallest absolute Gasteiger partial charge is 0.219 e. The van der Waals surface area contributed by atoms with Crippen molar-refractivity contribution in [2.45, 2.75) is 46.4 Å². The van der Waals surface area contributed by atoms with Crippen LogP contribution < -0.4 is 0 Å². The Kier molecular flexibility index (Phi) is 5.20. The Labute approximate surface area is 136 Å². The minimum atomic E-state index is -0.757. The van der Waals surface area contributed by atoms with Gasteiger partial charge in [0.05, 0.1) is 5.71 Å². The van der Waals surface area contributed by atoms with Crippen molar-refractivity contribution in [2.24, 2.45) is 10.6 Å². The van der Waals surface area contributed by atoms with Gasteiger partial charge in [0.2, 0.25) is 6.23 Å². The maximum absolute atomic E-state index is 10.7. The molecule has 0 amide bonds. The van der Waals surface area contributed by atoms with E-state index in [0.717, 1.165) is 11.3 Å². The van der Waals surface area contributed by atoms with Crippen molar-refractivity contribution >= 4 is 5.71 Å². The Morgan fingerprint density at radius 2 is 2.09 bits per heavy atom. The van der Waals surface area contributed by atoms with E-state index < -0.39 is 12.3 Å². The third-order valence-corrected chi connectivity index (χ3v) is 3.61. The fraction of sp³-hybridized carbons (Fsp3) is 0.562. The lowest BCUT2D eigenvalue weighted by Gasteiger charge is -2.33. The first-order chi connectivity index (χ1) is 10.8. The van der Waals surface area contributed by atoms with Crippen LogP contribution in [0.5, 0.6) is 0 Å². The maximum Gasteiger partial charge on any atom is 0.219 e. The summed E-state index contributed by atoms with van der Waals surface area (Å²) >= 11 is 0. The van der Waals surface area contributed by atoms with E-state index in [-0.39, 0.29) is 5.41 Å². The van der Waals surface area contributed by atoms with E-state index in [1.165, 1.54) is 18.1 Å². The summed E-state index contributed by atoms with van der Waals surface area (Å²) in [6.45, 7) is 7.82. The van der Waals surface area contributed by atoms with Gasteiger partial charge in [-0.15, -0.1) is 0 Å². The quantitative estimate of drug-likeness (QED) is 0.843. The van der Waals surface area contributed by atoms with Gasteiger partial charge in [-0.25, -0.2) is 9.67 Å². The second kappa shape index (κ2) is 6.95. The third-order valence-electron chi connectivity index (χ3n) is 3.61. The maximum atomic E-state index is 10.7. The zero-order valence-corrected chi connectivity index (χ0v) is 14.2. The molecule has 2 atom stereocenters. The predicted octanol–water partition coefficient (Wildman–Crippen LogP) is 2.44. The SMILES string of the molecule is CON=C1C=CC(OC(C(O)C(C)(C)C)n2cncn2)=C(C)C1. The summed E-state index contributed by atoms with van der Waals surface area (Å²) in [5.74, 6) is 0.698. The van der Waals surface area contributed by atoms with Crippen molar-refractivity contribution in [2.75, 3.05) is 7.11 Å². The number of hydrogen-bond acceptors (Lipinski definition) is 6. The molecule has 1 aromatic heterocycles. The summed E-state index contributed by atoms with van der Waals surface area (Å²) in [4.78, 5) is 8.75. The molecule has 23 heavy (non-hydrogen) atoms. The molecule has 1 aliphatic carbocycles. The first kappa shape index (κ1) is 17.2. The average molecular weight is 320 g/mol. The Morgan fingerprint density at radius 3 is 2.61 bits per heavy atom. The molecule has 7 heteroatoms. The molecule has 1 heterocycles. The summed E-state index contributed by atoms with van der Waals surface area (Å²) in [5.41, 5.74) is 1.46. The van der Waals surface area contributed by atoms with Gasteiger partial charge in [0.1, 0.15) is 31.6 Å². The summed E-state index contributed by atoms with van der Waals surface area (Å²) in [5, 5.41) is 18.7. The monoisotopic (exact) mass is 320 g/mol. The Balaban J connectivity index is 2.24. The van der Waals surface area contributed by atoms with E-state index in [1.807, 2.05) is 39.8 Å². The Hall–Kier alpha value is -2.15. The Morgan fingerprint density at radius 1 is 1.35 bits per heavy atom. The average Bonchev–Trinajstić information content (AvgIpc) is 2.99. The van der Waals surface area contributed by atoms with Crippen LogP contribution in [0.4, 0.5) is 0 Å². The highest BCUT2D eigenvalue weighted by molar-refractivity contribution is 5.97. The molecule has 0 spiro atoms. The van der Waals surface area contributed by atoms with E-state index in [9.17, 15) is 5.11 Å². The number of allylic oxidation sites excluding steroid dienone is 3. The van der Waals surface area contributed by atoms with E-state index >= 15 is 0 Å². The molecule has 126 valence electrons. The van der Waals surface area contributed by atoms with Crippen LogP contribution >= 0.6 is 0 Å². The largest absolute Gasteiger partial charge is 0.466 e. The van der Waals surface area contributed by atoms with Gasteiger partial charge in [0.25, 0.3) is 0 Å². The van der Waals surface area contributed by atoms with Gasteiger partial charge in [-0.2, -0.15) is 5.10 Å². The lowest BCUT2D eigenvalue weighted by atomic mass is 9.88. The molecular formula is C16H24N4O3. The van der Waals surface area contributed by atoms with E-state index in [2.05, 4.69) is 15.2 Å². The van der Waals surface area contributed by atoms with Crippen LogP contribution in [0.3, 0.4) is 0 Å². The fourth-order valence-corrected chi connectivity index (χ4v) is 2.22. The second-order valence-electron chi connectivity index (χ2n) is 6.61. The molecule has 1 N–H and O–H groups in total. The lowest BCUT2D eigenvalue weighted by molar-refractivity contribution is -0.100. The fourth-order valence-electron chi connectivity index (χ4n) is 2.22. The van der Waals surface area contributed by atoms with E-state index in [4.69, 9.17) is 9.57 Å². The van der Waals surface area contributed by atoms with Gasteiger partial charge in [-0.3, -0.25) is 0 Å². The van der Waals surface area contributed by atoms with E-state index in [0.29, 0.717) is 12.2 Å². The van der Waals surface area contributed by atoms with Crippen molar-refractivity contribution < 1.29 is 14.7 Å². The van der Waals surface area contributed by atoms with Crippen LogP contribution in [-0.4, -0.2) is 38.8 Å². The molecule has 0 aliphatic heterocycles. The molecule has 0 fully saturated rings. The molecule has 1 aromatic rings. The van der Waals surface area contributed by atoms with Crippen molar-refractivity contribution in [1.29, 1.82) is 0 Å². The summed E-state index contributed by atoms with van der Waals surface area (Å²) in [6, 6.07) is 0. The van der Waals surface area contributed by atoms with Gasteiger partial charge in [-0.1, -0.05) is 25.9 Å². The summed E-state index contributed by atoms with van der Waals surface area (Å²) < 4.78 is 7.60. The number of aliphatic hydroxyl groups excluding tert-OH is 1. The molecule has 0 saturated heterocycles. The highest BCUT2D eigenvalue weighted by atomic mass is 16.6. The Bertz CT molecular complexity index is 612. The number of aromatic nitrogens is 3. The van der Waals surface area contributed by atoms with Crippen LogP contribution in [0.25, 0.3) is 0 Å². The van der Waals surface area contributed by atoms with Crippen LogP contribution in [0.1, 0.15) is 40.3 Å². The van der Waals surface area contributed by atoms with Crippen LogP contribution in [0, 0.1) is 5.41 Å². The number of nitrogens with zero attached hydrogens (tertiary/aromatic N) is 4. The van der Waals surface area contributed by atoms with Crippen LogP contribution in [0.2, 0.25) is 0 Å². The van der Waals surface area contributed by atoms with Gasteiger partial charge in [-0.05, 0) is 30.1 Å². The molecule has 0 radical (unpaired) electrons. The van der Waals surface area contributed by atoms with Crippen molar-refractivity contribution in [3.63, 3.8) is 0 Å². The molecular weight excluding hydrogens is 296 g/mol. The molecule has 0 bridgehead atoms. The molecule has 2 rings (SSSR count). The number of hydrogen-bond donors (Lipinski definition) is 1. The minimum Gasteiger partial charge on any atom is -0.466 e. The van der Waals surface area contributed by atoms with E-state index in [1.54, 1.807) is 6.33 Å². The van der Waals surface area contributed by atoms with Gasteiger partial charge in [0.15, 0.2) is 0 Å². The third kappa shape index (κ3) is 4.19. The van der Waals surface area contributed by atoms with Crippen LogP contribution in [-0.2, 0) is 9.57 Å². The lowest BCUT2D eigenvalue weighted by Crippen LogP contribution is -2.37. The highest BCUT2D eigenvalue weighted by Gasteiger charge is 2.34. The van der Waals surface area contributed by atoms with Gasteiger partial charge < -0.3 is 14.7 Å². The zero-order chi connectivity index (χ0) is 17.0. The summed E-state index contributed by atoms with van der Waals surface area (Å²) in [7, 11) is 1.52. The standard InChI is InChI=1S/C16H24N4O3/c1-11-8-12(19-22-5)6-7-13(11)23-15(14(21)16(2,3)4)20-10-17-9-18-20/h6-7,9-10,14-15,21H,8H2,1-5H3. The normalized spacial score (nSPS) is 19.8. The van der Waals surface area contributed by atoms with Crippen molar-refractivity contribution in [3.05, 3.63) is 36.1 Å². The van der Waals surface area contributed by atoms with Gasteiger partial charge >= 0.3 is 0 Å².